The van der Waals surface area contributed by atoms with Crippen LogP contribution in [-0.2, 0) is 14.4 Å². The number of nitrogens with zero attached hydrogens (tertiary/aromatic N) is 3. The first-order valence-electron chi connectivity index (χ1n) is 11.6. The fourth-order valence-electron chi connectivity index (χ4n) is 5.24. The number of amides is 3. The van der Waals surface area contributed by atoms with E-state index in [0.717, 1.165) is 16.9 Å². The van der Waals surface area contributed by atoms with Crippen molar-refractivity contribution < 1.29 is 14.4 Å². The lowest BCUT2D eigenvalue weighted by Gasteiger charge is -2.44. The molecular weight excluding hydrogens is 416 g/mol. The maximum Gasteiger partial charge on any atom is 0.241 e. The van der Waals surface area contributed by atoms with E-state index in [2.05, 4.69) is 4.90 Å². The monoisotopic (exact) mass is 448 g/mol. The predicted molar refractivity (Wildman–Crippen MR) is 129 cm³/mol. The summed E-state index contributed by atoms with van der Waals surface area (Å²) in [6, 6.07) is 17.4. The van der Waals surface area contributed by atoms with Crippen LogP contribution in [0.3, 0.4) is 0 Å². The number of likely N-dealkylation sites (tertiary alicyclic amines) is 1. The van der Waals surface area contributed by atoms with Gasteiger partial charge in [-0.1, -0.05) is 36.4 Å². The van der Waals surface area contributed by atoms with Crippen LogP contribution >= 0.6 is 0 Å². The third-order valence-corrected chi connectivity index (χ3v) is 6.86. The van der Waals surface area contributed by atoms with E-state index in [1.807, 2.05) is 71.3 Å². The van der Waals surface area contributed by atoms with E-state index < -0.39 is 0 Å². The fraction of sp³-hybridized carbons (Fsp3) is 0.423. The van der Waals surface area contributed by atoms with Gasteiger partial charge in [-0.25, -0.2) is 0 Å². The number of benzene rings is 2. The zero-order valence-electron chi connectivity index (χ0n) is 19.3. The molecule has 33 heavy (non-hydrogen) atoms. The van der Waals surface area contributed by atoms with Crippen LogP contribution in [0.15, 0.2) is 54.6 Å². The number of fused-ring (bicyclic) bond motifs is 1. The summed E-state index contributed by atoms with van der Waals surface area (Å²) in [6.45, 7) is 5.26. The zero-order valence-corrected chi connectivity index (χ0v) is 19.3. The largest absolute Gasteiger partial charge is 0.369 e. The number of hydrogen-bond donors (Lipinski definition) is 1. The molecule has 174 valence electrons. The number of carbonyl (C=O) groups is 3. The van der Waals surface area contributed by atoms with Gasteiger partial charge in [-0.05, 0) is 63.0 Å². The molecule has 2 N–H and O–H groups in total. The van der Waals surface area contributed by atoms with Crippen molar-refractivity contribution in [3.05, 3.63) is 60.2 Å². The molecule has 1 fully saturated rings. The van der Waals surface area contributed by atoms with Crippen LogP contribution in [0, 0.1) is 5.92 Å². The summed E-state index contributed by atoms with van der Waals surface area (Å²) < 4.78 is 0. The normalized spacial score (nSPS) is 21.3. The van der Waals surface area contributed by atoms with Crippen LogP contribution < -0.4 is 15.5 Å². The van der Waals surface area contributed by atoms with Gasteiger partial charge < -0.3 is 15.5 Å². The number of carbonyl (C=O) groups excluding carboxylic acids is 3. The molecule has 2 heterocycles. The second-order valence-corrected chi connectivity index (χ2v) is 9.10. The first-order valence-corrected chi connectivity index (χ1v) is 11.6. The van der Waals surface area contributed by atoms with Crippen molar-refractivity contribution in [1.82, 2.24) is 4.90 Å². The first kappa shape index (κ1) is 23.0. The number of nitrogens with two attached hydrogens (primary N) is 1. The van der Waals surface area contributed by atoms with Crippen molar-refractivity contribution in [2.45, 2.75) is 45.2 Å². The van der Waals surface area contributed by atoms with Crippen LogP contribution in [0.25, 0.3) is 0 Å². The highest BCUT2D eigenvalue weighted by Gasteiger charge is 2.38. The molecule has 7 heteroatoms. The summed E-state index contributed by atoms with van der Waals surface area (Å²) >= 11 is 0. The predicted octanol–water partition coefficient (Wildman–Crippen LogP) is 3.10. The smallest absolute Gasteiger partial charge is 0.241 e. The van der Waals surface area contributed by atoms with Gasteiger partial charge >= 0.3 is 0 Å². The maximum absolute atomic E-state index is 13.8. The summed E-state index contributed by atoms with van der Waals surface area (Å²) in [5.74, 6) is -0.342. The Bertz CT molecular complexity index is 1020. The molecule has 0 radical (unpaired) electrons. The van der Waals surface area contributed by atoms with Crippen LogP contribution in [-0.4, -0.2) is 48.3 Å². The molecule has 2 atom stereocenters. The Hall–Kier alpha value is -3.19. The lowest BCUT2D eigenvalue weighted by molar-refractivity contribution is -0.123. The summed E-state index contributed by atoms with van der Waals surface area (Å²) in [5.41, 5.74) is 8.16. The minimum atomic E-state index is -0.255. The van der Waals surface area contributed by atoms with E-state index in [0.29, 0.717) is 32.4 Å². The molecule has 4 rings (SSSR count). The Morgan fingerprint density at radius 2 is 1.64 bits per heavy atom. The number of piperidine rings is 1. The van der Waals surface area contributed by atoms with Gasteiger partial charge in [0.15, 0.2) is 0 Å². The quantitative estimate of drug-likeness (QED) is 0.762. The lowest BCUT2D eigenvalue weighted by atomic mass is 9.89. The Morgan fingerprint density at radius 1 is 1.00 bits per heavy atom. The molecule has 2 aromatic carbocycles. The molecule has 0 spiro atoms. The summed E-state index contributed by atoms with van der Waals surface area (Å²) in [6.07, 6.45) is 2.02. The standard InChI is InChI=1S/C26H32N4O3/c1-18-16-24(22-10-6-7-11-23(22)29(18)19(2)31)30(21-8-4-3-5-9-21)25(32)17-28-14-12-20(13-15-28)26(27)33/h3-11,18,20,24H,12-17H2,1-2H3,(H2,27,33). The highest BCUT2D eigenvalue weighted by atomic mass is 16.2. The minimum Gasteiger partial charge on any atom is -0.369 e. The fourth-order valence-corrected chi connectivity index (χ4v) is 5.24. The number of primary amides is 1. The number of hydrogen-bond acceptors (Lipinski definition) is 4. The molecule has 2 aromatic rings. The molecule has 2 unspecified atom stereocenters. The van der Waals surface area contributed by atoms with Crippen molar-refractivity contribution in [3.63, 3.8) is 0 Å². The van der Waals surface area contributed by atoms with Gasteiger partial charge in [0.2, 0.25) is 17.7 Å². The van der Waals surface area contributed by atoms with Gasteiger partial charge in [0.25, 0.3) is 0 Å². The van der Waals surface area contributed by atoms with Gasteiger partial charge in [-0.3, -0.25) is 19.3 Å². The third-order valence-electron chi connectivity index (χ3n) is 6.86. The molecule has 0 aliphatic carbocycles. The number of rotatable bonds is 5. The second-order valence-electron chi connectivity index (χ2n) is 9.10. The molecule has 0 aromatic heterocycles. The lowest BCUT2D eigenvalue weighted by Crippen LogP contribution is -2.50. The zero-order chi connectivity index (χ0) is 23.5. The van der Waals surface area contributed by atoms with E-state index in [-0.39, 0.29) is 42.3 Å². The number of anilines is 2. The Balaban J connectivity index is 1.64. The van der Waals surface area contributed by atoms with E-state index in [4.69, 9.17) is 5.73 Å². The Labute approximate surface area is 195 Å². The van der Waals surface area contributed by atoms with Gasteiger partial charge in [0.05, 0.1) is 12.6 Å². The summed E-state index contributed by atoms with van der Waals surface area (Å²) in [7, 11) is 0. The highest BCUT2D eigenvalue weighted by Crippen LogP contribution is 2.42. The van der Waals surface area contributed by atoms with Crippen LogP contribution in [0.5, 0.6) is 0 Å². The van der Waals surface area contributed by atoms with E-state index >= 15 is 0 Å². The van der Waals surface area contributed by atoms with Crippen molar-refractivity contribution in [2.24, 2.45) is 11.7 Å². The van der Waals surface area contributed by atoms with Gasteiger partial charge in [0, 0.05) is 30.3 Å². The van der Waals surface area contributed by atoms with Crippen LogP contribution in [0.4, 0.5) is 11.4 Å². The SMILES string of the molecule is CC(=O)N1c2ccccc2C(N(C(=O)CN2CCC(C(N)=O)CC2)c2ccccc2)CC1C. The summed E-state index contributed by atoms with van der Waals surface area (Å²) in [5, 5.41) is 0. The molecule has 7 nitrogen and oxygen atoms in total. The Morgan fingerprint density at radius 3 is 2.27 bits per heavy atom. The average molecular weight is 449 g/mol. The van der Waals surface area contributed by atoms with Crippen molar-refractivity contribution in [3.8, 4) is 0 Å². The van der Waals surface area contributed by atoms with Crippen molar-refractivity contribution >= 4 is 29.1 Å². The molecule has 0 saturated carbocycles. The molecular formula is C26H32N4O3. The molecule has 0 bridgehead atoms. The molecule has 2 aliphatic rings. The molecule has 2 aliphatic heterocycles. The number of para-hydroxylation sites is 2. The van der Waals surface area contributed by atoms with Crippen LogP contribution in [0.1, 0.15) is 44.7 Å². The second kappa shape index (κ2) is 9.75. The molecule has 1 saturated heterocycles. The van der Waals surface area contributed by atoms with Gasteiger partial charge in [-0.15, -0.1) is 0 Å². The third kappa shape index (κ3) is 4.78. The summed E-state index contributed by atoms with van der Waals surface area (Å²) in [4.78, 5) is 43.5. The van der Waals surface area contributed by atoms with Gasteiger partial charge in [0.1, 0.15) is 0 Å². The van der Waals surface area contributed by atoms with E-state index in [1.165, 1.54) is 0 Å². The minimum absolute atomic E-state index is 0.00306. The Kier molecular flexibility index (Phi) is 6.79. The highest BCUT2D eigenvalue weighted by molar-refractivity contribution is 5.98. The van der Waals surface area contributed by atoms with Gasteiger partial charge in [-0.2, -0.15) is 0 Å². The molecule has 3 amide bonds. The van der Waals surface area contributed by atoms with Crippen molar-refractivity contribution in [2.75, 3.05) is 29.4 Å². The topological polar surface area (TPSA) is 87.0 Å². The van der Waals surface area contributed by atoms with Crippen LogP contribution in [0.2, 0.25) is 0 Å². The first-order chi connectivity index (χ1) is 15.9. The van der Waals surface area contributed by atoms with E-state index in [1.54, 1.807) is 6.92 Å². The van der Waals surface area contributed by atoms with E-state index in [9.17, 15) is 14.4 Å². The maximum atomic E-state index is 13.8. The average Bonchev–Trinajstić information content (AvgIpc) is 2.80. The van der Waals surface area contributed by atoms with Crippen molar-refractivity contribution in [1.29, 1.82) is 0 Å².